The van der Waals surface area contributed by atoms with Gasteiger partial charge in [-0.2, -0.15) is 0 Å². The average Bonchev–Trinajstić information content (AvgIpc) is 2.46. The highest BCUT2D eigenvalue weighted by atomic mass is 15.3. The molecule has 20 heavy (non-hydrogen) atoms. The number of piperidine rings is 1. The number of nitrogens with zero attached hydrogens (tertiary/aromatic N) is 2. The van der Waals surface area contributed by atoms with Gasteiger partial charge in [-0.15, -0.1) is 0 Å². The maximum absolute atomic E-state index is 3.65. The summed E-state index contributed by atoms with van der Waals surface area (Å²) < 4.78 is 0. The molecule has 0 aliphatic carbocycles. The summed E-state index contributed by atoms with van der Waals surface area (Å²) >= 11 is 0. The van der Waals surface area contributed by atoms with Crippen LogP contribution in [0.4, 0.5) is 0 Å². The van der Waals surface area contributed by atoms with Crippen molar-refractivity contribution in [2.45, 2.75) is 77.4 Å². The van der Waals surface area contributed by atoms with Crippen molar-refractivity contribution in [3.05, 3.63) is 0 Å². The van der Waals surface area contributed by atoms with Gasteiger partial charge in [0, 0.05) is 37.8 Å². The summed E-state index contributed by atoms with van der Waals surface area (Å²) in [6.45, 7) is 13.3. The lowest BCUT2D eigenvalue weighted by Crippen LogP contribution is -2.62. The first-order valence-electron chi connectivity index (χ1n) is 8.96. The van der Waals surface area contributed by atoms with Gasteiger partial charge in [-0.1, -0.05) is 26.7 Å². The predicted molar refractivity (Wildman–Crippen MR) is 87.2 cm³/mol. The molecule has 0 saturated carbocycles. The van der Waals surface area contributed by atoms with Crippen molar-refractivity contribution in [3.8, 4) is 0 Å². The number of hydrogen-bond donors (Lipinski definition) is 1. The SMILES string of the molecule is CCCNCC(CCC)N1CC2CCCCN2CC1C. The molecule has 0 aromatic heterocycles. The van der Waals surface area contributed by atoms with Crippen LogP contribution in [-0.2, 0) is 0 Å². The van der Waals surface area contributed by atoms with Crippen LogP contribution in [0.3, 0.4) is 0 Å². The van der Waals surface area contributed by atoms with Gasteiger partial charge in [0.1, 0.15) is 0 Å². The van der Waals surface area contributed by atoms with Gasteiger partial charge in [-0.25, -0.2) is 0 Å². The van der Waals surface area contributed by atoms with Gasteiger partial charge in [0.15, 0.2) is 0 Å². The Morgan fingerprint density at radius 1 is 1.15 bits per heavy atom. The van der Waals surface area contributed by atoms with Crippen molar-refractivity contribution >= 4 is 0 Å². The zero-order valence-corrected chi connectivity index (χ0v) is 13.9. The van der Waals surface area contributed by atoms with Crippen LogP contribution in [0.2, 0.25) is 0 Å². The van der Waals surface area contributed by atoms with Crippen molar-refractivity contribution in [1.82, 2.24) is 15.1 Å². The lowest BCUT2D eigenvalue weighted by molar-refractivity contribution is -0.00955. The van der Waals surface area contributed by atoms with Crippen LogP contribution in [0, 0.1) is 0 Å². The van der Waals surface area contributed by atoms with Crippen LogP contribution in [0.5, 0.6) is 0 Å². The minimum absolute atomic E-state index is 0.726. The zero-order chi connectivity index (χ0) is 14.4. The third kappa shape index (κ3) is 4.19. The first-order chi connectivity index (χ1) is 9.76. The topological polar surface area (TPSA) is 18.5 Å². The summed E-state index contributed by atoms with van der Waals surface area (Å²) in [7, 11) is 0. The van der Waals surface area contributed by atoms with Gasteiger partial charge in [0.05, 0.1) is 0 Å². The Morgan fingerprint density at radius 3 is 2.75 bits per heavy atom. The average molecular weight is 281 g/mol. The van der Waals surface area contributed by atoms with Gasteiger partial charge >= 0.3 is 0 Å². The summed E-state index contributed by atoms with van der Waals surface area (Å²) in [4.78, 5) is 5.58. The summed E-state index contributed by atoms with van der Waals surface area (Å²) in [5.41, 5.74) is 0. The molecule has 0 aromatic carbocycles. The normalized spacial score (nSPS) is 30.1. The Labute approximate surface area is 126 Å². The molecule has 3 unspecified atom stereocenters. The molecule has 3 heteroatoms. The minimum atomic E-state index is 0.726. The van der Waals surface area contributed by atoms with E-state index in [-0.39, 0.29) is 0 Å². The Balaban J connectivity index is 1.92. The molecule has 2 rings (SSSR count). The maximum Gasteiger partial charge on any atom is 0.0224 e. The molecule has 2 heterocycles. The molecule has 1 N–H and O–H groups in total. The first kappa shape index (κ1) is 16.3. The van der Waals surface area contributed by atoms with Crippen LogP contribution in [0.25, 0.3) is 0 Å². The zero-order valence-electron chi connectivity index (χ0n) is 13.9. The summed E-state index contributed by atoms with van der Waals surface area (Å²) in [6, 6.07) is 2.31. The second-order valence-corrected chi connectivity index (χ2v) is 6.84. The van der Waals surface area contributed by atoms with Crippen LogP contribution in [0.1, 0.15) is 59.3 Å². The van der Waals surface area contributed by atoms with E-state index in [1.807, 2.05) is 0 Å². The lowest BCUT2D eigenvalue weighted by Gasteiger charge is -2.50. The minimum Gasteiger partial charge on any atom is -0.315 e. The molecule has 0 amide bonds. The monoisotopic (exact) mass is 281 g/mol. The summed E-state index contributed by atoms with van der Waals surface area (Å²) in [5.74, 6) is 0. The van der Waals surface area contributed by atoms with E-state index in [0.29, 0.717) is 0 Å². The van der Waals surface area contributed by atoms with Crippen molar-refractivity contribution in [2.75, 3.05) is 32.7 Å². The highest BCUT2D eigenvalue weighted by molar-refractivity contribution is 4.92. The van der Waals surface area contributed by atoms with Crippen LogP contribution in [-0.4, -0.2) is 60.6 Å². The Bertz CT molecular complexity index is 269. The van der Waals surface area contributed by atoms with E-state index in [0.717, 1.165) is 24.7 Å². The summed E-state index contributed by atoms with van der Waals surface area (Å²) in [6.07, 6.45) is 8.16. The van der Waals surface area contributed by atoms with Crippen LogP contribution >= 0.6 is 0 Å². The molecule has 0 spiro atoms. The smallest absolute Gasteiger partial charge is 0.0224 e. The van der Waals surface area contributed by atoms with Gasteiger partial charge in [-0.05, 0) is 45.7 Å². The van der Waals surface area contributed by atoms with Crippen LogP contribution < -0.4 is 5.32 Å². The van der Waals surface area contributed by atoms with E-state index in [1.54, 1.807) is 0 Å². The Morgan fingerprint density at radius 2 is 2.00 bits per heavy atom. The molecule has 2 fully saturated rings. The number of hydrogen-bond acceptors (Lipinski definition) is 3. The van der Waals surface area contributed by atoms with Crippen LogP contribution in [0.15, 0.2) is 0 Å². The molecule has 3 nitrogen and oxygen atoms in total. The standard InChI is InChI=1S/C17H35N3/c1-4-8-16(12-18-10-5-2)20-14-17-9-6-7-11-19(17)13-15(20)3/h15-18H,4-14H2,1-3H3. The molecular formula is C17H35N3. The Kier molecular flexibility index (Phi) is 6.79. The molecule has 0 radical (unpaired) electrons. The molecule has 2 aliphatic rings. The third-order valence-electron chi connectivity index (χ3n) is 5.13. The number of nitrogens with one attached hydrogen (secondary N) is 1. The van der Waals surface area contributed by atoms with E-state index in [9.17, 15) is 0 Å². The second-order valence-electron chi connectivity index (χ2n) is 6.84. The molecule has 3 atom stereocenters. The number of fused-ring (bicyclic) bond motifs is 1. The van der Waals surface area contributed by atoms with Crippen molar-refractivity contribution in [2.24, 2.45) is 0 Å². The molecule has 0 aromatic rings. The van der Waals surface area contributed by atoms with E-state index in [4.69, 9.17) is 0 Å². The first-order valence-corrected chi connectivity index (χ1v) is 8.96. The number of piperazine rings is 1. The second kappa shape index (κ2) is 8.35. The van der Waals surface area contributed by atoms with Gasteiger partial charge < -0.3 is 5.32 Å². The molecule has 118 valence electrons. The van der Waals surface area contributed by atoms with Gasteiger partial charge in [0.2, 0.25) is 0 Å². The van der Waals surface area contributed by atoms with Crippen molar-refractivity contribution < 1.29 is 0 Å². The third-order valence-corrected chi connectivity index (χ3v) is 5.13. The Hall–Kier alpha value is -0.120. The fourth-order valence-electron chi connectivity index (χ4n) is 4.05. The number of rotatable bonds is 7. The highest BCUT2D eigenvalue weighted by Crippen LogP contribution is 2.26. The maximum atomic E-state index is 3.65. The van der Waals surface area contributed by atoms with Gasteiger partial charge in [0.25, 0.3) is 0 Å². The predicted octanol–water partition coefficient (Wildman–Crippen LogP) is 2.71. The van der Waals surface area contributed by atoms with E-state index in [1.165, 1.54) is 64.7 Å². The lowest BCUT2D eigenvalue weighted by atomic mass is 9.95. The largest absolute Gasteiger partial charge is 0.315 e. The molecular weight excluding hydrogens is 246 g/mol. The molecule has 2 saturated heterocycles. The van der Waals surface area contributed by atoms with E-state index >= 15 is 0 Å². The quantitative estimate of drug-likeness (QED) is 0.724. The van der Waals surface area contributed by atoms with Crippen molar-refractivity contribution in [1.29, 1.82) is 0 Å². The van der Waals surface area contributed by atoms with E-state index in [2.05, 4.69) is 35.9 Å². The fraction of sp³-hybridized carbons (Fsp3) is 1.00. The van der Waals surface area contributed by atoms with E-state index < -0.39 is 0 Å². The van der Waals surface area contributed by atoms with Gasteiger partial charge in [-0.3, -0.25) is 9.80 Å². The fourth-order valence-corrected chi connectivity index (χ4v) is 4.05. The molecule has 2 aliphatic heterocycles. The molecule has 0 bridgehead atoms. The highest BCUT2D eigenvalue weighted by Gasteiger charge is 2.35. The summed E-state index contributed by atoms with van der Waals surface area (Å²) in [5, 5.41) is 3.65. The van der Waals surface area contributed by atoms with Crippen molar-refractivity contribution in [3.63, 3.8) is 0 Å².